The lowest BCUT2D eigenvalue weighted by molar-refractivity contribution is -0.139. The summed E-state index contributed by atoms with van der Waals surface area (Å²) in [6.07, 6.45) is 0. The van der Waals surface area contributed by atoms with Crippen molar-refractivity contribution in [1.82, 2.24) is 5.32 Å². The lowest BCUT2D eigenvalue weighted by atomic mass is 10.3. The summed E-state index contributed by atoms with van der Waals surface area (Å²) in [6.45, 7) is -0.162. The van der Waals surface area contributed by atoms with E-state index in [1.54, 1.807) is 6.07 Å². The summed E-state index contributed by atoms with van der Waals surface area (Å²) < 4.78 is 17.5. The van der Waals surface area contributed by atoms with Gasteiger partial charge in [0, 0.05) is 0 Å². The highest BCUT2D eigenvalue weighted by atomic mass is 19.1. The number of carbonyl (C=O) groups excluding carboxylic acids is 2. The van der Waals surface area contributed by atoms with Crippen molar-refractivity contribution >= 4 is 17.6 Å². The van der Waals surface area contributed by atoms with Gasteiger partial charge in [-0.25, -0.2) is 4.39 Å². The molecule has 1 aromatic carbocycles. The van der Waals surface area contributed by atoms with Gasteiger partial charge < -0.3 is 10.1 Å². The smallest absolute Gasteiger partial charge is 0.319 e. The number of esters is 1. The lowest BCUT2D eigenvalue weighted by Crippen LogP contribution is -2.32. The Morgan fingerprint density at radius 3 is 2.65 bits per heavy atom. The van der Waals surface area contributed by atoms with Crippen LogP contribution in [0.2, 0.25) is 0 Å². The predicted molar refractivity (Wildman–Crippen MR) is 59.9 cm³/mol. The monoisotopic (exact) mass is 240 g/mol. The Hall–Kier alpha value is -1.95. The highest BCUT2D eigenvalue weighted by Gasteiger charge is 2.06. The number of anilines is 1. The topological polar surface area (TPSA) is 67.4 Å². The molecule has 0 unspecified atom stereocenters. The molecule has 0 aliphatic heterocycles. The van der Waals surface area contributed by atoms with Crippen molar-refractivity contribution in [3.05, 3.63) is 30.1 Å². The molecule has 0 saturated carbocycles. The molecule has 92 valence electrons. The van der Waals surface area contributed by atoms with Crippen LogP contribution in [0.15, 0.2) is 24.3 Å². The summed E-state index contributed by atoms with van der Waals surface area (Å²) in [5, 5.41) is 4.94. The molecule has 0 aliphatic carbocycles. The first kappa shape index (κ1) is 13.1. The minimum atomic E-state index is -0.506. The van der Waals surface area contributed by atoms with Crippen molar-refractivity contribution in [2.75, 3.05) is 25.5 Å². The van der Waals surface area contributed by atoms with Crippen molar-refractivity contribution in [2.24, 2.45) is 0 Å². The number of hydrogen-bond donors (Lipinski definition) is 2. The lowest BCUT2D eigenvalue weighted by Gasteiger charge is -2.06. The van der Waals surface area contributed by atoms with Crippen LogP contribution in [0.4, 0.5) is 10.1 Å². The Labute approximate surface area is 98.0 Å². The average Bonchev–Trinajstić information content (AvgIpc) is 2.32. The van der Waals surface area contributed by atoms with Gasteiger partial charge in [0.05, 0.1) is 25.9 Å². The van der Waals surface area contributed by atoms with Crippen molar-refractivity contribution in [2.45, 2.75) is 0 Å². The minimum Gasteiger partial charge on any atom is -0.468 e. The molecular weight excluding hydrogens is 227 g/mol. The van der Waals surface area contributed by atoms with Gasteiger partial charge in [-0.2, -0.15) is 0 Å². The second kappa shape index (κ2) is 6.59. The number of para-hydroxylation sites is 1. The van der Waals surface area contributed by atoms with E-state index in [-0.39, 0.29) is 18.8 Å². The van der Waals surface area contributed by atoms with E-state index in [0.717, 1.165) is 0 Å². The van der Waals surface area contributed by atoms with Gasteiger partial charge in [-0.1, -0.05) is 12.1 Å². The third-order valence-electron chi connectivity index (χ3n) is 1.93. The second-order valence-electron chi connectivity index (χ2n) is 3.21. The van der Waals surface area contributed by atoms with Crippen LogP contribution in [0.5, 0.6) is 0 Å². The molecule has 0 radical (unpaired) electrons. The zero-order valence-electron chi connectivity index (χ0n) is 9.33. The van der Waals surface area contributed by atoms with Gasteiger partial charge in [-0.05, 0) is 12.1 Å². The van der Waals surface area contributed by atoms with Crippen molar-refractivity contribution in [1.29, 1.82) is 0 Å². The van der Waals surface area contributed by atoms with Crippen LogP contribution in [0.25, 0.3) is 0 Å². The Morgan fingerprint density at radius 2 is 2.00 bits per heavy atom. The van der Waals surface area contributed by atoms with Crippen molar-refractivity contribution in [3.8, 4) is 0 Å². The zero-order chi connectivity index (χ0) is 12.7. The van der Waals surface area contributed by atoms with Gasteiger partial charge >= 0.3 is 5.97 Å². The molecule has 1 rings (SSSR count). The number of rotatable bonds is 5. The molecular formula is C11H13FN2O3. The first-order valence-corrected chi connectivity index (χ1v) is 4.95. The molecule has 17 heavy (non-hydrogen) atoms. The first-order valence-electron chi connectivity index (χ1n) is 4.95. The second-order valence-corrected chi connectivity index (χ2v) is 3.21. The van der Waals surface area contributed by atoms with E-state index in [1.807, 2.05) is 0 Å². The average molecular weight is 240 g/mol. The van der Waals surface area contributed by atoms with Gasteiger partial charge in [0.15, 0.2) is 0 Å². The fourth-order valence-corrected chi connectivity index (χ4v) is 1.11. The Kier molecular flexibility index (Phi) is 5.09. The molecule has 0 aliphatic rings. The van der Waals surface area contributed by atoms with Gasteiger partial charge in [-0.15, -0.1) is 0 Å². The normalized spacial score (nSPS) is 9.76. The molecule has 0 heterocycles. The van der Waals surface area contributed by atoms with E-state index >= 15 is 0 Å². The van der Waals surface area contributed by atoms with Crippen LogP contribution >= 0.6 is 0 Å². The fourth-order valence-electron chi connectivity index (χ4n) is 1.11. The predicted octanol–water partition coefficient (Wildman–Crippen LogP) is 0.527. The van der Waals surface area contributed by atoms with Crippen LogP contribution in [-0.4, -0.2) is 32.1 Å². The van der Waals surface area contributed by atoms with Gasteiger partial charge in [0.2, 0.25) is 5.91 Å². The van der Waals surface area contributed by atoms with Crippen LogP contribution < -0.4 is 10.6 Å². The molecule has 2 N–H and O–H groups in total. The third kappa shape index (κ3) is 4.60. The summed E-state index contributed by atoms with van der Waals surface area (Å²) in [4.78, 5) is 22.1. The summed E-state index contributed by atoms with van der Waals surface area (Å²) in [5.41, 5.74) is 0.109. The molecule has 0 fully saturated rings. The van der Waals surface area contributed by atoms with Crippen molar-refractivity contribution < 1.29 is 18.7 Å². The highest BCUT2D eigenvalue weighted by Crippen LogP contribution is 2.11. The van der Waals surface area contributed by atoms with Crippen LogP contribution in [0.1, 0.15) is 0 Å². The van der Waals surface area contributed by atoms with Gasteiger partial charge in [-0.3, -0.25) is 14.9 Å². The molecule has 0 atom stereocenters. The number of halogens is 1. The van der Waals surface area contributed by atoms with E-state index in [9.17, 15) is 14.0 Å². The molecule has 1 amide bonds. The van der Waals surface area contributed by atoms with Gasteiger partial charge in [0.25, 0.3) is 0 Å². The maximum Gasteiger partial charge on any atom is 0.319 e. The number of ether oxygens (including phenoxy) is 1. The third-order valence-corrected chi connectivity index (χ3v) is 1.93. The molecule has 5 nitrogen and oxygen atoms in total. The van der Waals surface area contributed by atoms with Crippen LogP contribution in [0, 0.1) is 5.82 Å². The zero-order valence-corrected chi connectivity index (χ0v) is 9.33. The first-order chi connectivity index (χ1) is 8.13. The van der Waals surface area contributed by atoms with Crippen LogP contribution in [-0.2, 0) is 14.3 Å². The molecule has 0 aromatic heterocycles. The largest absolute Gasteiger partial charge is 0.468 e. The Balaban J connectivity index is 2.35. The van der Waals surface area contributed by atoms with Crippen molar-refractivity contribution in [3.63, 3.8) is 0 Å². The molecule has 1 aromatic rings. The number of nitrogens with one attached hydrogen (secondary N) is 2. The fraction of sp³-hybridized carbons (Fsp3) is 0.273. The standard InChI is InChI=1S/C11H13FN2O3/c1-17-11(16)7-13-6-10(15)14-9-5-3-2-4-8(9)12/h2-5,13H,6-7H2,1H3,(H,14,15). The number of hydrogen-bond acceptors (Lipinski definition) is 4. The molecule has 6 heteroatoms. The number of amides is 1. The minimum absolute atomic E-state index is 0.0683. The Morgan fingerprint density at radius 1 is 1.29 bits per heavy atom. The van der Waals surface area contributed by atoms with E-state index in [4.69, 9.17) is 0 Å². The maximum absolute atomic E-state index is 13.1. The summed E-state index contributed by atoms with van der Waals surface area (Å²) >= 11 is 0. The number of carbonyl (C=O) groups is 2. The quantitative estimate of drug-likeness (QED) is 0.737. The summed E-state index contributed by atoms with van der Waals surface area (Å²) in [7, 11) is 1.25. The molecule has 0 spiro atoms. The maximum atomic E-state index is 13.1. The number of methoxy groups -OCH3 is 1. The van der Waals surface area contributed by atoms with Gasteiger partial charge in [0.1, 0.15) is 5.82 Å². The van der Waals surface area contributed by atoms with E-state index in [2.05, 4.69) is 15.4 Å². The summed E-state index contributed by atoms with van der Waals surface area (Å²) in [5.74, 6) is -1.41. The van der Waals surface area contributed by atoms with E-state index < -0.39 is 17.7 Å². The van der Waals surface area contributed by atoms with E-state index in [0.29, 0.717) is 0 Å². The summed E-state index contributed by atoms with van der Waals surface area (Å²) in [6, 6.07) is 5.84. The molecule has 0 bridgehead atoms. The SMILES string of the molecule is COC(=O)CNCC(=O)Nc1ccccc1F. The van der Waals surface area contributed by atoms with E-state index in [1.165, 1.54) is 25.3 Å². The Bertz CT molecular complexity index is 409. The highest BCUT2D eigenvalue weighted by molar-refractivity contribution is 5.92. The molecule has 0 saturated heterocycles. The number of benzene rings is 1. The van der Waals surface area contributed by atoms with Crippen LogP contribution in [0.3, 0.4) is 0 Å².